The summed E-state index contributed by atoms with van der Waals surface area (Å²) in [6.45, 7) is 0. The molecule has 0 N–H and O–H groups in total. The molecule has 0 radical (unpaired) electrons. The summed E-state index contributed by atoms with van der Waals surface area (Å²) in [4.78, 5) is 2.43. The highest BCUT2D eigenvalue weighted by molar-refractivity contribution is 7.25. The van der Waals surface area contributed by atoms with Gasteiger partial charge in [0.2, 0.25) is 0 Å². The molecule has 0 atom stereocenters. The van der Waals surface area contributed by atoms with E-state index in [0.29, 0.717) is 0 Å². The molecule has 12 aromatic rings. The SMILES string of the molecule is c1ccc(N(c2ccc3c(c2)C2(c4ccccc4Oc4ccccc42)c2cccc4cccc-3c24)c2ccc3c(c2)c2ccccc2n3-c2ccc3c(c2)sc2ccccc23)cc1. The Balaban J connectivity index is 1.02. The van der Waals surface area contributed by atoms with Crippen molar-refractivity contribution in [1.82, 2.24) is 4.57 Å². The maximum Gasteiger partial charge on any atom is 0.132 e. The van der Waals surface area contributed by atoms with E-state index in [4.69, 9.17) is 4.74 Å². The van der Waals surface area contributed by atoms with Crippen molar-refractivity contribution in [2.24, 2.45) is 0 Å². The van der Waals surface area contributed by atoms with Gasteiger partial charge in [0.15, 0.2) is 0 Å². The highest BCUT2D eigenvalue weighted by atomic mass is 32.1. The van der Waals surface area contributed by atoms with Gasteiger partial charge in [-0.25, -0.2) is 0 Å². The second-order valence-corrected chi connectivity index (χ2v) is 17.9. The Kier molecular flexibility index (Phi) is 7.20. The van der Waals surface area contributed by atoms with Crippen LogP contribution < -0.4 is 9.64 Å². The Labute approximate surface area is 367 Å². The minimum atomic E-state index is -0.639. The van der Waals surface area contributed by atoms with E-state index < -0.39 is 5.41 Å². The van der Waals surface area contributed by atoms with E-state index in [9.17, 15) is 0 Å². The molecule has 294 valence electrons. The van der Waals surface area contributed by atoms with Gasteiger partial charge in [0.1, 0.15) is 11.5 Å². The third kappa shape index (κ3) is 4.79. The Morgan fingerprint density at radius 3 is 1.89 bits per heavy atom. The number of aromatic nitrogens is 1. The minimum absolute atomic E-state index is 0.639. The predicted molar refractivity (Wildman–Crippen MR) is 263 cm³/mol. The van der Waals surface area contributed by atoms with Crippen LogP contribution in [0.3, 0.4) is 0 Å². The highest BCUT2D eigenvalue weighted by Gasteiger charge is 2.49. The van der Waals surface area contributed by atoms with E-state index in [1.807, 2.05) is 11.3 Å². The normalized spacial score (nSPS) is 13.3. The minimum Gasteiger partial charge on any atom is -0.457 e. The van der Waals surface area contributed by atoms with Crippen molar-refractivity contribution in [2.45, 2.75) is 5.41 Å². The number of ether oxygens (including phenoxy) is 1. The van der Waals surface area contributed by atoms with Crippen molar-refractivity contribution in [3.63, 3.8) is 0 Å². The summed E-state index contributed by atoms with van der Waals surface area (Å²) in [6, 6.07) is 80.3. The van der Waals surface area contributed by atoms with Crippen LogP contribution >= 0.6 is 11.3 Å². The monoisotopic (exact) mass is 820 g/mol. The summed E-state index contributed by atoms with van der Waals surface area (Å²) in [5.74, 6) is 1.77. The van der Waals surface area contributed by atoms with Gasteiger partial charge in [-0.2, -0.15) is 0 Å². The van der Waals surface area contributed by atoms with Crippen molar-refractivity contribution < 1.29 is 4.74 Å². The molecule has 0 bridgehead atoms. The van der Waals surface area contributed by atoms with E-state index >= 15 is 0 Å². The van der Waals surface area contributed by atoms with Gasteiger partial charge < -0.3 is 14.2 Å². The summed E-state index contributed by atoms with van der Waals surface area (Å²) in [7, 11) is 0. The molecule has 0 unspecified atom stereocenters. The van der Waals surface area contributed by atoms with Crippen LogP contribution in [0.4, 0.5) is 17.1 Å². The summed E-state index contributed by atoms with van der Waals surface area (Å²) in [6.07, 6.45) is 0. The molecule has 0 saturated heterocycles. The molecule has 0 amide bonds. The van der Waals surface area contributed by atoms with Gasteiger partial charge in [-0.05, 0) is 112 Å². The third-order valence-electron chi connectivity index (χ3n) is 13.6. The molecule has 1 aliphatic carbocycles. The molecule has 1 aliphatic heterocycles. The van der Waals surface area contributed by atoms with Crippen molar-refractivity contribution in [3.05, 3.63) is 241 Å². The van der Waals surface area contributed by atoms with Crippen LogP contribution in [0.5, 0.6) is 11.5 Å². The van der Waals surface area contributed by atoms with Gasteiger partial charge in [0.25, 0.3) is 0 Å². The zero-order valence-electron chi connectivity index (χ0n) is 34.0. The first-order valence-corrected chi connectivity index (χ1v) is 22.4. The number of thiophene rings is 1. The summed E-state index contributed by atoms with van der Waals surface area (Å²) in [5, 5.41) is 7.59. The number of nitrogens with zero attached hydrogens (tertiary/aromatic N) is 2. The molecule has 3 heterocycles. The number of rotatable bonds is 4. The molecule has 2 aliphatic rings. The molecular weight excluding hydrogens is 785 g/mol. The first-order valence-electron chi connectivity index (χ1n) is 21.6. The standard InChI is InChI=1S/C59H36N2OS/c1-2-16-38(17-3-1)60(39-30-33-53-47(34-39)43-18-4-8-24-52(43)61(53)41-29-32-45-44-19-5-11-27-56(44)63-57(45)36-41)40-28-31-42-46-20-12-14-37-15-13-23-50(58(37)46)59(51(42)35-40)48-21-6-9-25-54(48)62-55-26-10-7-22-49(55)59/h1-36H. The fourth-order valence-corrected chi connectivity index (χ4v) is 12.2. The Morgan fingerprint density at radius 2 is 1.05 bits per heavy atom. The number of hydrogen-bond acceptors (Lipinski definition) is 3. The molecule has 63 heavy (non-hydrogen) atoms. The number of fused-ring (bicyclic) bond motifs is 14. The number of benzene rings is 10. The van der Waals surface area contributed by atoms with Gasteiger partial charge in [-0.3, -0.25) is 0 Å². The molecule has 0 fully saturated rings. The molecule has 2 aromatic heterocycles. The Hall–Kier alpha value is -7.92. The van der Waals surface area contributed by atoms with Crippen LogP contribution in [0.2, 0.25) is 0 Å². The predicted octanol–water partition coefficient (Wildman–Crippen LogP) is 16.2. The lowest BCUT2D eigenvalue weighted by molar-refractivity contribution is 0.435. The molecular formula is C59H36N2OS. The Bertz CT molecular complexity index is 3810. The van der Waals surface area contributed by atoms with E-state index in [0.717, 1.165) is 39.7 Å². The van der Waals surface area contributed by atoms with Gasteiger partial charge in [0, 0.05) is 64.8 Å². The zero-order valence-corrected chi connectivity index (χ0v) is 34.8. The van der Waals surface area contributed by atoms with E-state index in [1.165, 1.54) is 80.7 Å². The van der Waals surface area contributed by atoms with Crippen LogP contribution in [0.15, 0.2) is 218 Å². The lowest BCUT2D eigenvalue weighted by atomic mass is 9.58. The van der Waals surface area contributed by atoms with Crippen molar-refractivity contribution in [2.75, 3.05) is 4.90 Å². The van der Waals surface area contributed by atoms with E-state index in [1.54, 1.807) is 0 Å². The second kappa shape index (κ2) is 13.0. The summed E-state index contributed by atoms with van der Waals surface area (Å²) >= 11 is 1.86. The van der Waals surface area contributed by atoms with Crippen molar-refractivity contribution in [3.8, 4) is 28.3 Å². The van der Waals surface area contributed by atoms with Crippen LogP contribution in [0.1, 0.15) is 22.3 Å². The molecule has 14 rings (SSSR count). The lowest BCUT2D eigenvalue weighted by Gasteiger charge is -2.45. The van der Waals surface area contributed by atoms with Crippen molar-refractivity contribution >= 4 is 81.1 Å². The first-order chi connectivity index (χ1) is 31.2. The van der Waals surface area contributed by atoms with E-state index in [2.05, 4.69) is 228 Å². The third-order valence-corrected chi connectivity index (χ3v) is 14.7. The van der Waals surface area contributed by atoms with Gasteiger partial charge in [-0.15, -0.1) is 11.3 Å². The molecule has 4 heteroatoms. The molecule has 0 saturated carbocycles. The lowest BCUT2D eigenvalue weighted by Crippen LogP contribution is -2.36. The van der Waals surface area contributed by atoms with Gasteiger partial charge >= 0.3 is 0 Å². The largest absolute Gasteiger partial charge is 0.457 e. The van der Waals surface area contributed by atoms with Crippen LogP contribution in [-0.4, -0.2) is 4.57 Å². The number of anilines is 3. The van der Waals surface area contributed by atoms with Crippen LogP contribution in [0.25, 0.3) is 69.6 Å². The smallest absolute Gasteiger partial charge is 0.132 e. The molecule has 3 nitrogen and oxygen atoms in total. The van der Waals surface area contributed by atoms with Gasteiger partial charge in [0.05, 0.1) is 16.4 Å². The summed E-state index contributed by atoms with van der Waals surface area (Å²) in [5.41, 5.74) is 13.5. The zero-order chi connectivity index (χ0) is 41.2. The fourth-order valence-electron chi connectivity index (χ4n) is 11.1. The highest BCUT2D eigenvalue weighted by Crippen LogP contribution is 2.61. The first kappa shape index (κ1) is 34.8. The quantitative estimate of drug-likeness (QED) is 0.176. The maximum atomic E-state index is 6.75. The number of hydrogen-bond donors (Lipinski definition) is 0. The second-order valence-electron chi connectivity index (χ2n) is 16.8. The molecule has 1 spiro atoms. The van der Waals surface area contributed by atoms with Crippen molar-refractivity contribution in [1.29, 1.82) is 0 Å². The average molecular weight is 821 g/mol. The maximum absolute atomic E-state index is 6.75. The topological polar surface area (TPSA) is 17.4 Å². The fraction of sp³-hybridized carbons (Fsp3) is 0.0169. The Morgan fingerprint density at radius 1 is 0.397 bits per heavy atom. The molecule has 10 aromatic carbocycles. The summed E-state index contributed by atoms with van der Waals surface area (Å²) < 4.78 is 11.8. The van der Waals surface area contributed by atoms with Crippen LogP contribution in [-0.2, 0) is 5.41 Å². The van der Waals surface area contributed by atoms with Crippen LogP contribution in [0, 0.1) is 0 Å². The average Bonchev–Trinajstić information content (AvgIpc) is 3.88. The van der Waals surface area contributed by atoms with E-state index in [-0.39, 0.29) is 0 Å². The van der Waals surface area contributed by atoms with Gasteiger partial charge in [-0.1, -0.05) is 140 Å². The number of para-hydroxylation sites is 4.